The van der Waals surface area contributed by atoms with Crippen LogP contribution in [-0.2, 0) is 17.8 Å². The van der Waals surface area contributed by atoms with Crippen LogP contribution in [0, 0.1) is 5.92 Å². The van der Waals surface area contributed by atoms with Gasteiger partial charge in [0.25, 0.3) is 0 Å². The fourth-order valence-corrected chi connectivity index (χ4v) is 3.73. The Kier molecular flexibility index (Phi) is 7.73. The first-order valence-corrected chi connectivity index (χ1v) is 11.0. The summed E-state index contributed by atoms with van der Waals surface area (Å²) in [5, 5.41) is 3.06. The van der Waals surface area contributed by atoms with Gasteiger partial charge in [-0.15, -0.1) is 0 Å². The van der Waals surface area contributed by atoms with Gasteiger partial charge in [-0.25, -0.2) is 4.98 Å². The number of carbonyl (C=O) groups is 1. The maximum Gasteiger partial charge on any atom is 0.223 e. The monoisotopic (exact) mass is 369 g/mol. The number of aryl methyl sites for hydroxylation is 2. The average molecular weight is 370 g/mol. The Morgan fingerprint density at radius 2 is 1.85 bits per heavy atom. The van der Waals surface area contributed by atoms with Gasteiger partial charge in [0.05, 0.1) is 11.0 Å². The lowest BCUT2D eigenvalue weighted by Crippen LogP contribution is -2.25. The Bertz CT molecular complexity index is 717. The van der Waals surface area contributed by atoms with Crippen molar-refractivity contribution in [3.63, 3.8) is 0 Å². The minimum atomic E-state index is 0.264. The molecule has 27 heavy (non-hydrogen) atoms. The molecule has 2 aromatic rings. The number of unbranched alkanes of at least 4 members (excludes halogenated alkanes) is 6. The van der Waals surface area contributed by atoms with Gasteiger partial charge in [-0.3, -0.25) is 4.79 Å². The SMILES string of the molecule is CCCCCCCn1c(CCCCCNC(=O)C2CC2)nc2ccccc21. The van der Waals surface area contributed by atoms with E-state index >= 15 is 0 Å². The van der Waals surface area contributed by atoms with Crippen LogP contribution in [0.5, 0.6) is 0 Å². The Balaban J connectivity index is 1.45. The molecule has 0 atom stereocenters. The van der Waals surface area contributed by atoms with Crippen molar-refractivity contribution in [1.82, 2.24) is 14.9 Å². The van der Waals surface area contributed by atoms with E-state index in [-0.39, 0.29) is 5.91 Å². The third-order valence-corrected chi connectivity index (χ3v) is 5.54. The number of hydrogen-bond donors (Lipinski definition) is 1. The Morgan fingerprint density at radius 1 is 1.07 bits per heavy atom. The number of hydrogen-bond acceptors (Lipinski definition) is 2. The molecular formula is C23H35N3O. The molecule has 1 aliphatic carbocycles. The Hall–Kier alpha value is -1.84. The summed E-state index contributed by atoms with van der Waals surface area (Å²) in [5.41, 5.74) is 2.40. The molecule has 1 aromatic heterocycles. The van der Waals surface area contributed by atoms with Crippen LogP contribution in [0.3, 0.4) is 0 Å². The minimum Gasteiger partial charge on any atom is -0.356 e. The summed E-state index contributed by atoms with van der Waals surface area (Å²) in [6.45, 7) is 4.17. The molecule has 0 saturated heterocycles. The van der Waals surface area contributed by atoms with Gasteiger partial charge in [-0.1, -0.05) is 51.2 Å². The highest BCUT2D eigenvalue weighted by atomic mass is 16.2. The number of benzene rings is 1. The van der Waals surface area contributed by atoms with Gasteiger partial charge in [-0.2, -0.15) is 0 Å². The number of amides is 1. The van der Waals surface area contributed by atoms with Crippen molar-refractivity contribution in [2.45, 2.75) is 84.1 Å². The highest BCUT2D eigenvalue weighted by Gasteiger charge is 2.28. The van der Waals surface area contributed by atoms with Gasteiger partial charge in [0.1, 0.15) is 5.82 Å². The van der Waals surface area contributed by atoms with Gasteiger partial charge >= 0.3 is 0 Å². The highest BCUT2D eigenvalue weighted by Crippen LogP contribution is 2.28. The smallest absolute Gasteiger partial charge is 0.223 e. The molecule has 4 heteroatoms. The number of imidazole rings is 1. The van der Waals surface area contributed by atoms with Gasteiger partial charge in [0.2, 0.25) is 5.91 Å². The molecule has 0 aliphatic heterocycles. The van der Waals surface area contributed by atoms with Crippen LogP contribution in [0.25, 0.3) is 11.0 Å². The quantitative estimate of drug-likeness (QED) is 0.490. The first-order valence-electron chi connectivity index (χ1n) is 11.0. The van der Waals surface area contributed by atoms with Crippen LogP contribution in [0.15, 0.2) is 24.3 Å². The third-order valence-electron chi connectivity index (χ3n) is 5.54. The molecule has 1 aliphatic rings. The summed E-state index contributed by atoms with van der Waals surface area (Å²) in [5.74, 6) is 1.82. The van der Waals surface area contributed by atoms with Crippen LogP contribution >= 0.6 is 0 Å². The molecule has 0 radical (unpaired) electrons. The molecule has 0 spiro atoms. The Labute approximate surface area is 163 Å². The molecule has 1 saturated carbocycles. The first-order chi connectivity index (χ1) is 13.3. The summed E-state index contributed by atoms with van der Waals surface area (Å²) in [7, 11) is 0. The van der Waals surface area contributed by atoms with Gasteiger partial charge < -0.3 is 9.88 Å². The average Bonchev–Trinajstić information content (AvgIpc) is 3.47. The zero-order valence-electron chi connectivity index (χ0n) is 16.9. The molecule has 0 bridgehead atoms. The van der Waals surface area contributed by atoms with Crippen molar-refractivity contribution in [2.24, 2.45) is 5.92 Å². The van der Waals surface area contributed by atoms with E-state index in [0.717, 1.165) is 57.1 Å². The lowest BCUT2D eigenvalue weighted by Gasteiger charge is -2.09. The molecule has 1 aromatic carbocycles. The normalized spacial score (nSPS) is 14.0. The molecule has 1 amide bonds. The van der Waals surface area contributed by atoms with Crippen molar-refractivity contribution in [3.05, 3.63) is 30.1 Å². The zero-order chi connectivity index (χ0) is 18.9. The van der Waals surface area contributed by atoms with Gasteiger partial charge in [0, 0.05) is 25.4 Å². The zero-order valence-corrected chi connectivity index (χ0v) is 16.9. The van der Waals surface area contributed by atoms with E-state index in [1.807, 2.05) is 0 Å². The van der Waals surface area contributed by atoms with Crippen LogP contribution in [0.1, 0.15) is 77.0 Å². The minimum absolute atomic E-state index is 0.264. The second-order valence-electron chi connectivity index (χ2n) is 7.96. The van der Waals surface area contributed by atoms with Crippen molar-refractivity contribution >= 4 is 16.9 Å². The standard InChI is InChI=1S/C23H35N3O/c1-2-3-4-5-11-18-26-21-13-9-8-12-20(21)25-22(26)14-7-6-10-17-24-23(27)19-15-16-19/h8-9,12-13,19H,2-7,10-11,14-18H2,1H3,(H,24,27). The van der Waals surface area contributed by atoms with E-state index < -0.39 is 0 Å². The van der Waals surface area contributed by atoms with E-state index in [0.29, 0.717) is 5.92 Å². The predicted octanol–water partition coefficient (Wildman–Crippen LogP) is 5.25. The second-order valence-corrected chi connectivity index (χ2v) is 7.96. The first kappa shape index (κ1) is 19.9. The van der Waals surface area contributed by atoms with E-state index in [4.69, 9.17) is 4.98 Å². The molecule has 3 rings (SSSR count). The lowest BCUT2D eigenvalue weighted by molar-refractivity contribution is -0.122. The third kappa shape index (κ3) is 6.08. The predicted molar refractivity (Wildman–Crippen MR) is 112 cm³/mol. The summed E-state index contributed by atoms with van der Waals surface area (Å²) in [6.07, 6.45) is 13.1. The number of nitrogens with zero attached hydrogens (tertiary/aromatic N) is 2. The van der Waals surface area contributed by atoms with Gasteiger partial charge in [-0.05, 0) is 44.2 Å². The summed E-state index contributed by atoms with van der Waals surface area (Å²) in [4.78, 5) is 16.5. The lowest BCUT2D eigenvalue weighted by atomic mass is 10.1. The molecule has 148 valence electrons. The fourth-order valence-electron chi connectivity index (χ4n) is 3.73. The van der Waals surface area contributed by atoms with E-state index in [1.54, 1.807) is 0 Å². The number of rotatable bonds is 13. The van der Waals surface area contributed by atoms with Crippen LogP contribution < -0.4 is 5.32 Å². The van der Waals surface area contributed by atoms with Crippen molar-refractivity contribution in [1.29, 1.82) is 0 Å². The number of carbonyl (C=O) groups excluding carboxylic acids is 1. The van der Waals surface area contributed by atoms with Gasteiger partial charge in [0.15, 0.2) is 0 Å². The maximum absolute atomic E-state index is 11.6. The van der Waals surface area contributed by atoms with E-state index in [9.17, 15) is 4.79 Å². The summed E-state index contributed by atoms with van der Waals surface area (Å²) >= 11 is 0. The largest absolute Gasteiger partial charge is 0.356 e. The number of fused-ring (bicyclic) bond motifs is 1. The molecular weight excluding hydrogens is 334 g/mol. The highest BCUT2D eigenvalue weighted by molar-refractivity contribution is 5.80. The molecule has 1 N–H and O–H groups in total. The van der Waals surface area contributed by atoms with Crippen LogP contribution in [0.4, 0.5) is 0 Å². The molecule has 1 fully saturated rings. The van der Waals surface area contributed by atoms with Crippen molar-refractivity contribution in [2.75, 3.05) is 6.54 Å². The number of aromatic nitrogens is 2. The fraction of sp³-hybridized carbons (Fsp3) is 0.652. The van der Waals surface area contributed by atoms with E-state index in [1.165, 1.54) is 43.4 Å². The van der Waals surface area contributed by atoms with Crippen molar-refractivity contribution < 1.29 is 4.79 Å². The number of nitrogens with one attached hydrogen (secondary N) is 1. The summed E-state index contributed by atoms with van der Waals surface area (Å²) in [6, 6.07) is 8.52. The van der Waals surface area contributed by atoms with E-state index in [2.05, 4.69) is 41.1 Å². The second kappa shape index (κ2) is 10.5. The summed E-state index contributed by atoms with van der Waals surface area (Å²) < 4.78 is 2.44. The molecule has 0 unspecified atom stereocenters. The van der Waals surface area contributed by atoms with Crippen molar-refractivity contribution in [3.8, 4) is 0 Å². The Morgan fingerprint density at radius 3 is 2.67 bits per heavy atom. The van der Waals surface area contributed by atoms with Crippen LogP contribution in [0.2, 0.25) is 0 Å². The van der Waals surface area contributed by atoms with Crippen LogP contribution in [-0.4, -0.2) is 22.0 Å². The number of para-hydroxylation sites is 2. The molecule has 1 heterocycles. The topological polar surface area (TPSA) is 46.9 Å². The molecule has 4 nitrogen and oxygen atoms in total. The maximum atomic E-state index is 11.6.